The Morgan fingerprint density at radius 3 is 2.37 bits per heavy atom. The van der Waals surface area contributed by atoms with Gasteiger partial charge in [-0.05, 0) is 18.9 Å². The van der Waals surface area contributed by atoms with Crippen molar-refractivity contribution in [1.82, 2.24) is 0 Å². The highest BCUT2D eigenvalue weighted by Crippen LogP contribution is 2.30. The zero-order chi connectivity index (χ0) is 14.8. The molecule has 1 rings (SSSR count). The van der Waals surface area contributed by atoms with E-state index >= 15 is 0 Å². The Kier molecular flexibility index (Phi) is 4.60. The van der Waals surface area contributed by atoms with Crippen molar-refractivity contribution in [2.24, 2.45) is 0 Å². The second-order valence-corrected chi connectivity index (χ2v) is 8.96. The largest absolute Gasteiger partial charge is 0.502 e. The number of aliphatic hydroxyl groups excluding tert-OH is 1. The van der Waals surface area contributed by atoms with Gasteiger partial charge >= 0.3 is 0 Å². The minimum atomic E-state index is -0.826. The third kappa shape index (κ3) is 4.19. The zero-order valence-electron chi connectivity index (χ0n) is 12.1. The summed E-state index contributed by atoms with van der Waals surface area (Å²) in [6.07, 6.45) is 0. The Bertz CT molecular complexity index is 499. The van der Waals surface area contributed by atoms with Crippen LogP contribution in [0.1, 0.15) is 46.1 Å². The fourth-order valence-electron chi connectivity index (χ4n) is 1.41. The van der Waals surface area contributed by atoms with Gasteiger partial charge in [0.05, 0.1) is 0 Å². The monoisotopic (exact) mass is 286 g/mol. The lowest BCUT2D eigenvalue weighted by Crippen LogP contribution is -2.28. The van der Waals surface area contributed by atoms with E-state index in [1.807, 2.05) is 13.8 Å². The first-order valence-electron chi connectivity index (χ1n) is 6.18. The summed E-state index contributed by atoms with van der Waals surface area (Å²) in [6, 6.07) is 1.21. The van der Waals surface area contributed by atoms with Crippen LogP contribution in [-0.4, -0.2) is 20.0 Å². The lowest BCUT2D eigenvalue weighted by Gasteiger charge is -2.29. The Hall–Kier alpha value is -1.11. The third-order valence-electron chi connectivity index (χ3n) is 2.60. The predicted octanol–water partition coefficient (Wildman–Crippen LogP) is 1.39. The maximum Gasteiger partial charge on any atom is 0.227 e. The molecule has 0 spiro atoms. The highest BCUT2D eigenvalue weighted by Gasteiger charge is 2.28. The maximum absolute atomic E-state index is 11.6. The maximum atomic E-state index is 11.6. The van der Waals surface area contributed by atoms with Crippen molar-refractivity contribution in [2.75, 3.05) is 0 Å². The highest BCUT2D eigenvalue weighted by atomic mass is 28.2. The summed E-state index contributed by atoms with van der Waals surface area (Å²) in [7, 11) is -0.826. The van der Waals surface area contributed by atoms with Crippen molar-refractivity contribution in [1.29, 1.82) is 0 Å². The van der Waals surface area contributed by atoms with Crippen molar-refractivity contribution in [3.05, 3.63) is 27.8 Å². The van der Waals surface area contributed by atoms with Gasteiger partial charge < -0.3 is 19.1 Å². The second-order valence-electron chi connectivity index (χ2n) is 6.26. The number of aliphatic hydroxyl groups is 1. The number of rotatable bonds is 4. The van der Waals surface area contributed by atoms with Crippen molar-refractivity contribution in [2.45, 2.75) is 51.9 Å². The molecule has 19 heavy (non-hydrogen) atoms. The molecule has 0 aliphatic rings. The van der Waals surface area contributed by atoms with Crippen molar-refractivity contribution in [3.8, 4) is 5.75 Å². The van der Waals surface area contributed by atoms with E-state index in [2.05, 4.69) is 20.8 Å². The van der Waals surface area contributed by atoms with Crippen LogP contribution in [0.4, 0.5) is 0 Å². The van der Waals surface area contributed by atoms with Crippen LogP contribution < -0.4 is 5.43 Å². The van der Waals surface area contributed by atoms with Gasteiger partial charge in [-0.2, -0.15) is 0 Å². The van der Waals surface area contributed by atoms with Crippen molar-refractivity contribution < 1.29 is 19.1 Å². The molecule has 0 saturated carbocycles. The van der Waals surface area contributed by atoms with E-state index in [4.69, 9.17) is 13.9 Å². The van der Waals surface area contributed by atoms with Crippen LogP contribution in [0.2, 0.25) is 5.04 Å². The molecule has 6 heteroatoms. The van der Waals surface area contributed by atoms with Gasteiger partial charge in [-0.15, -0.1) is 0 Å². The van der Waals surface area contributed by atoms with Gasteiger partial charge in [-0.3, -0.25) is 4.79 Å². The molecule has 0 amide bonds. The fourth-order valence-corrected chi connectivity index (χ4v) is 2.34. The molecule has 108 valence electrons. The van der Waals surface area contributed by atoms with Gasteiger partial charge in [-0.25, -0.2) is 0 Å². The van der Waals surface area contributed by atoms with E-state index < -0.39 is 33.1 Å². The van der Waals surface area contributed by atoms with E-state index in [9.17, 15) is 9.90 Å². The summed E-state index contributed by atoms with van der Waals surface area (Å²) in [5.74, 6) is -0.359. The molecule has 1 aromatic rings. The first kappa shape index (κ1) is 15.9. The summed E-state index contributed by atoms with van der Waals surface area (Å²) < 4.78 is 11.3. The Morgan fingerprint density at radius 1 is 1.32 bits per heavy atom. The topological polar surface area (TPSA) is 79.9 Å². The van der Waals surface area contributed by atoms with E-state index in [1.54, 1.807) is 0 Å². The van der Waals surface area contributed by atoms with Crippen LogP contribution >= 0.6 is 0 Å². The van der Waals surface area contributed by atoms with Gasteiger partial charge in [0.1, 0.15) is 18.0 Å². The highest BCUT2D eigenvalue weighted by molar-refractivity contribution is 6.31. The number of aromatic hydroxyl groups is 1. The number of hydrogen-bond acceptors (Lipinski definition) is 5. The molecule has 0 aromatic carbocycles. The summed E-state index contributed by atoms with van der Waals surface area (Å²) in [5.41, 5.74) is -1.32. The predicted molar refractivity (Wildman–Crippen MR) is 74.9 cm³/mol. The van der Waals surface area contributed by atoms with Crippen LogP contribution in [0.5, 0.6) is 5.75 Å². The van der Waals surface area contributed by atoms with Crippen LogP contribution in [0.25, 0.3) is 0 Å². The molecule has 0 fully saturated rings. The van der Waals surface area contributed by atoms with E-state index in [0.29, 0.717) is 5.76 Å². The molecule has 1 heterocycles. The first-order valence-corrected chi connectivity index (χ1v) is 7.46. The van der Waals surface area contributed by atoms with Crippen molar-refractivity contribution >= 4 is 9.76 Å². The van der Waals surface area contributed by atoms with Gasteiger partial charge in [-0.1, -0.05) is 20.8 Å². The van der Waals surface area contributed by atoms with Crippen LogP contribution in [0.15, 0.2) is 15.3 Å². The molecular weight excluding hydrogens is 264 g/mol. The summed E-state index contributed by atoms with van der Waals surface area (Å²) in [4.78, 5) is 11.6. The van der Waals surface area contributed by atoms with Crippen LogP contribution in [0.3, 0.4) is 0 Å². The van der Waals surface area contributed by atoms with Crippen LogP contribution in [-0.2, 0) is 16.6 Å². The van der Waals surface area contributed by atoms with Crippen molar-refractivity contribution in [3.63, 3.8) is 0 Å². The SMILES string of the molecule is CC(C)(C)[SiH2]OC(C)(C)c1cc(=O)c(O)c(CO)o1. The van der Waals surface area contributed by atoms with Crippen LogP contribution in [0, 0.1) is 0 Å². The van der Waals surface area contributed by atoms with Gasteiger partial charge in [0.25, 0.3) is 0 Å². The minimum Gasteiger partial charge on any atom is -0.502 e. The molecule has 0 aliphatic carbocycles. The Balaban J connectivity index is 3.08. The number of hydrogen-bond donors (Lipinski definition) is 2. The lowest BCUT2D eigenvalue weighted by atomic mass is 10.1. The molecule has 5 nitrogen and oxygen atoms in total. The minimum absolute atomic E-state index is 0.119. The molecule has 1 aromatic heterocycles. The summed E-state index contributed by atoms with van der Waals surface area (Å²) in [5, 5.41) is 18.6. The lowest BCUT2D eigenvalue weighted by molar-refractivity contribution is 0.0745. The van der Waals surface area contributed by atoms with Gasteiger partial charge in [0.2, 0.25) is 11.2 Å². The van der Waals surface area contributed by atoms with E-state index in [-0.39, 0.29) is 10.8 Å². The van der Waals surface area contributed by atoms with Gasteiger partial charge in [0, 0.05) is 6.07 Å². The normalized spacial score (nSPS) is 13.4. The molecule has 0 radical (unpaired) electrons. The molecule has 0 atom stereocenters. The molecule has 0 aliphatic heterocycles. The Morgan fingerprint density at radius 2 is 1.89 bits per heavy atom. The summed E-state index contributed by atoms with van der Waals surface area (Å²) in [6.45, 7) is 9.39. The molecule has 0 unspecified atom stereocenters. The summed E-state index contributed by atoms with van der Waals surface area (Å²) >= 11 is 0. The average Bonchev–Trinajstić information content (AvgIpc) is 2.29. The molecule has 0 bridgehead atoms. The standard InChI is InChI=1S/C13H22O5Si/c1-12(2,3)19-18-13(4,5)10-6-8(15)11(16)9(7-14)17-10/h6,14,16H,7,19H2,1-5H3. The molecular formula is C13H22O5Si. The quantitative estimate of drug-likeness (QED) is 0.818. The second kappa shape index (κ2) is 5.48. The Labute approximate surface area is 115 Å². The molecule has 0 saturated heterocycles. The van der Waals surface area contributed by atoms with Gasteiger partial charge in [0.15, 0.2) is 15.5 Å². The smallest absolute Gasteiger partial charge is 0.227 e. The third-order valence-corrected chi connectivity index (χ3v) is 4.33. The van der Waals surface area contributed by atoms with E-state index in [0.717, 1.165) is 0 Å². The first-order chi connectivity index (χ1) is 8.57. The van der Waals surface area contributed by atoms with E-state index in [1.165, 1.54) is 6.07 Å². The zero-order valence-corrected chi connectivity index (χ0v) is 13.5. The fraction of sp³-hybridized carbons (Fsp3) is 0.615. The average molecular weight is 286 g/mol. The molecule has 2 N–H and O–H groups in total.